The maximum Gasteiger partial charge on any atom is 0.335 e. The van der Waals surface area contributed by atoms with Crippen LogP contribution in [0.25, 0.3) is 0 Å². The van der Waals surface area contributed by atoms with Crippen molar-refractivity contribution >= 4 is 18.2 Å². The van der Waals surface area contributed by atoms with Gasteiger partial charge in [0.15, 0.2) is 10.6 Å². The first-order chi connectivity index (χ1) is 10.1. The molecule has 1 aromatic carbocycles. The molecule has 1 aromatic heterocycles. The van der Waals surface area contributed by atoms with Crippen molar-refractivity contribution in [3.05, 3.63) is 46.0 Å². The number of aromatic amines is 1. The van der Waals surface area contributed by atoms with Crippen molar-refractivity contribution < 1.29 is 14.6 Å². The number of nitrogens with zero attached hydrogens (tertiary/aromatic N) is 2. The summed E-state index contributed by atoms with van der Waals surface area (Å²) in [6.07, 6.45) is 1.90. The highest BCUT2D eigenvalue weighted by Gasteiger charge is 2.23. The Kier molecular flexibility index (Phi) is 3.85. The molecule has 0 bridgehead atoms. The van der Waals surface area contributed by atoms with Crippen molar-refractivity contribution in [3.63, 3.8) is 0 Å². The molecule has 2 heterocycles. The van der Waals surface area contributed by atoms with Crippen molar-refractivity contribution in [2.75, 3.05) is 6.61 Å². The second kappa shape index (κ2) is 5.79. The molecule has 1 saturated heterocycles. The van der Waals surface area contributed by atoms with Crippen LogP contribution in [0.1, 0.15) is 40.7 Å². The van der Waals surface area contributed by atoms with E-state index in [-0.39, 0.29) is 11.7 Å². The highest BCUT2D eigenvalue weighted by Crippen LogP contribution is 2.27. The maximum absolute atomic E-state index is 11.0. The Hall–Kier alpha value is -1.99. The molecule has 1 fully saturated rings. The SMILES string of the molecule is O=C(O)c1cccc(Cn2c([C@@H]3CCCO3)n[nH]c2=S)c1. The van der Waals surface area contributed by atoms with Crippen LogP contribution in [0.4, 0.5) is 0 Å². The second-order valence-electron chi connectivity index (χ2n) is 4.98. The third-order valence-corrected chi connectivity index (χ3v) is 3.83. The Morgan fingerprint density at radius 3 is 3.14 bits per heavy atom. The first kappa shape index (κ1) is 14.0. The van der Waals surface area contributed by atoms with Crippen LogP contribution in [-0.2, 0) is 11.3 Å². The molecule has 2 N–H and O–H groups in total. The van der Waals surface area contributed by atoms with Crippen molar-refractivity contribution in [2.24, 2.45) is 0 Å². The molecule has 0 radical (unpaired) electrons. The molecule has 1 aliphatic heterocycles. The molecule has 0 spiro atoms. The average molecular weight is 305 g/mol. The van der Waals surface area contributed by atoms with Crippen LogP contribution in [0.3, 0.4) is 0 Å². The van der Waals surface area contributed by atoms with E-state index in [0.717, 1.165) is 30.8 Å². The summed E-state index contributed by atoms with van der Waals surface area (Å²) in [5, 5.41) is 16.1. The monoisotopic (exact) mass is 305 g/mol. The van der Waals surface area contributed by atoms with Crippen LogP contribution < -0.4 is 0 Å². The van der Waals surface area contributed by atoms with Gasteiger partial charge in [-0.1, -0.05) is 12.1 Å². The van der Waals surface area contributed by atoms with E-state index in [9.17, 15) is 4.79 Å². The van der Waals surface area contributed by atoms with E-state index >= 15 is 0 Å². The Bertz CT molecular complexity index is 716. The van der Waals surface area contributed by atoms with Crippen molar-refractivity contribution in [1.29, 1.82) is 0 Å². The molecule has 1 atom stereocenters. The van der Waals surface area contributed by atoms with E-state index in [1.807, 2.05) is 10.6 Å². The van der Waals surface area contributed by atoms with Gasteiger partial charge in [0.2, 0.25) is 0 Å². The minimum absolute atomic E-state index is 0.0411. The lowest BCUT2D eigenvalue weighted by Crippen LogP contribution is -2.10. The molecule has 7 heteroatoms. The molecule has 0 unspecified atom stereocenters. The van der Waals surface area contributed by atoms with E-state index in [1.54, 1.807) is 18.2 Å². The van der Waals surface area contributed by atoms with Gasteiger partial charge in [-0.15, -0.1) is 0 Å². The molecule has 0 saturated carbocycles. The molecule has 0 amide bonds. The molecule has 3 rings (SSSR count). The summed E-state index contributed by atoms with van der Waals surface area (Å²) >= 11 is 5.26. The summed E-state index contributed by atoms with van der Waals surface area (Å²) in [7, 11) is 0. The molecule has 2 aromatic rings. The van der Waals surface area contributed by atoms with Crippen LogP contribution >= 0.6 is 12.2 Å². The zero-order valence-corrected chi connectivity index (χ0v) is 12.1. The van der Waals surface area contributed by atoms with Gasteiger partial charge in [0.1, 0.15) is 6.10 Å². The molecule has 1 aliphatic rings. The number of aromatic nitrogens is 3. The fourth-order valence-electron chi connectivity index (χ4n) is 2.50. The van der Waals surface area contributed by atoms with Gasteiger partial charge in [0.05, 0.1) is 12.1 Å². The average Bonchev–Trinajstić information content (AvgIpc) is 3.10. The van der Waals surface area contributed by atoms with Gasteiger partial charge in [-0.2, -0.15) is 5.10 Å². The lowest BCUT2D eigenvalue weighted by atomic mass is 10.1. The number of hydrogen-bond donors (Lipinski definition) is 2. The molecular weight excluding hydrogens is 290 g/mol. The standard InChI is InChI=1S/C14H15N3O3S/c18-13(19)10-4-1-3-9(7-10)8-17-12(15-16-14(17)21)11-5-2-6-20-11/h1,3-4,7,11H,2,5-6,8H2,(H,16,21)(H,18,19)/t11-/m0/s1. The van der Waals surface area contributed by atoms with Gasteiger partial charge in [-0.05, 0) is 42.8 Å². The third-order valence-electron chi connectivity index (χ3n) is 3.52. The van der Waals surface area contributed by atoms with Crippen LogP contribution in [-0.4, -0.2) is 32.4 Å². The number of hydrogen-bond acceptors (Lipinski definition) is 4. The van der Waals surface area contributed by atoms with Crippen LogP contribution in [0, 0.1) is 4.77 Å². The van der Waals surface area contributed by atoms with Gasteiger partial charge in [0.25, 0.3) is 0 Å². The molecule has 21 heavy (non-hydrogen) atoms. The van der Waals surface area contributed by atoms with E-state index in [1.165, 1.54) is 0 Å². The van der Waals surface area contributed by atoms with Gasteiger partial charge in [0, 0.05) is 6.61 Å². The molecule has 6 nitrogen and oxygen atoms in total. The molecule has 110 valence electrons. The fourth-order valence-corrected chi connectivity index (χ4v) is 2.70. The summed E-state index contributed by atoms with van der Waals surface area (Å²) in [5.41, 5.74) is 1.13. The minimum atomic E-state index is -0.938. The third kappa shape index (κ3) is 2.88. The number of aromatic carboxylic acids is 1. The van der Waals surface area contributed by atoms with Crippen LogP contribution in [0.2, 0.25) is 0 Å². The van der Waals surface area contributed by atoms with Gasteiger partial charge < -0.3 is 9.84 Å². The predicted octanol–water partition coefficient (Wildman–Crippen LogP) is 2.54. The number of H-pyrrole nitrogens is 1. The number of ether oxygens (including phenoxy) is 1. The first-order valence-electron chi connectivity index (χ1n) is 6.74. The normalized spacial score (nSPS) is 18.0. The summed E-state index contributed by atoms with van der Waals surface area (Å²) < 4.78 is 8.03. The van der Waals surface area contributed by atoms with Crippen molar-refractivity contribution in [2.45, 2.75) is 25.5 Å². The van der Waals surface area contributed by atoms with Crippen molar-refractivity contribution in [1.82, 2.24) is 14.8 Å². The zero-order valence-electron chi connectivity index (χ0n) is 11.3. The lowest BCUT2D eigenvalue weighted by Gasteiger charge is -2.12. The minimum Gasteiger partial charge on any atom is -0.478 e. The Morgan fingerprint density at radius 2 is 2.43 bits per heavy atom. The van der Waals surface area contributed by atoms with E-state index < -0.39 is 5.97 Å². The number of carboxylic acid groups (broad SMARTS) is 1. The second-order valence-corrected chi connectivity index (χ2v) is 5.37. The quantitative estimate of drug-likeness (QED) is 0.849. The Balaban J connectivity index is 1.91. The smallest absolute Gasteiger partial charge is 0.335 e. The number of nitrogens with one attached hydrogen (secondary N) is 1. The summed E-state index contributed by atoms with van der Waals surface area (Å²) in [6, 6.07) is 6.83. The maximum atomic E-state index is 11.0. The lowest BCUT2D eigenvalue weighted by molar-refractivity contribution is 0.0696. The summed E-state index contributed by atoms with van der Waals surface area (Å²) in [6.45, 7) is 1.21. The van der Waals surface area contributed by atoms with Gasteiger partial charge >= 0.3 is 5.97 Å². The summed E-state index contributed by atoms with van der Waals surface area (Å²) in [4.78, 5) is 11.0. The largest absolute Gasteiger partial charge is 0.478 e. The Morgan fingerprint density at radius 1 is 1.57 bits per heavy atom. The number of carbonyl (C=O) groups is 1. The number of carboxylic acids is 1. The van der Waals surface area contributed by atoms with Crippen molar-refractivity contribution in [3.8, 4) is 0 Å². The number of rotatable bonds is 4. The van der Waals surface area contributed by atoms with Crippen LogP contribution in [0.5, 0.6) is 0 Å². The fraction of sp³-hybridized carbons (Fsp3) is 0.357. The van der Waals surface area contributed by atoms with Gasteiger partial charge in [-0.25, -0.2) is 4.79 Å². The van der Waals surface area contributed by atoms with E-state index in [0.29, 0.717) is 11.3 Å². The highest BCUT2D eigenvalue weighted by atomic mass is 32.1. The van der Waals surface area contributed by atoms with E-state index in [2.05, 4.69) is 10.2 Å². The number of benzene rings is 1. The highest BCUT2D eigenvalue weighted by molar-refractivity contribution is 7.71. The molecular formula is C14H15N3O3S. The molecule has 0 aliphatic carbocycles. The van der Waals surface area contributed by atoms with Crippen LogP contribution in [0.15, 0.2) is 24.3 Å². The van der Waals surface area contributed by atoms with E-state index in [4.69, 9.17) is 22.1 Å². The predicted molar refractivity (Wildman–Crippen MR) is 77.8 cm³/mol. The zero-order chi connectivity index (χ0) is 14.8. The van der Waals surface area contributed by atoms with Gasteiger partial charge in [-0.3, -0.25) is 9.67 Å². The summed E-state index contributed by atoms with van der Waals surface area (Å²) in [5.74, 6) is -0.162. The first-order valence-corrected chi connectivity index (χ1v) is 7.15. The Labute approximate surface area is 126 Å². The topological polar surface area (TPSA) is 80.1 Å².